The molecule has 2 N–H and O–H groups in total. The topological polar surface area (TPSA) is 48.1 Å². The van der Waals surface area contributed by atoms with Crippen molar-refractivity contribution in [3.8, 4) is 5.75 Å². The lowest BCUT2D eigenvalue weighted by Crippen LogP contribution is -2.08. The number of nitrogens with zero attached hydrogens (tertiary/aromatic N) is 1. The van der Waals surface area contributed by atoms with Gasteiger partial charge in [-0.05, 0) is 26.0 Å². The molecule has 0 fully saturated rings. The second-order valence-corrected chi connectivity index (χ2v) is 4.99. The smallest absolute Gasteiger partial charge is 0.124 e. The standard InChI is InChI=1S/C15H17ClN2O/c1-10-3-4-15(13(7-10)11(2)17)19-9-12-5-6-18-8-14(12)16/h3-8,11H,9,17H2,1-2H3/t11-/m0/s1. The Morgan fingerprint density at radius 3 is 2.84 bits per heavy atom. The minimum absolute atomic E-state index is 0.0668. The SMILES string of the molecule is Cc1ccc(OCc2ccncc2Cl)c([C@H](C)N)c1. The zero-order valence-corrected chi connectivity index (χ0v) is 11.8. The molecular formula is C15H17ClN2O. The Kier molecular flexibility index (Phi) is 4.40. The van der Waals surface area contributed by atoms with Crippen molar-refractivity contribution >= 4 is 11.6 Å². The summed E-state index contributed by atoms with van der Waals surface area (Å²) >= 11 is 6.05. The van der Waals surface area contributed by atoms with Crippen LogP contribution in [0, 0.1) is 6.92 Å². The van der Waals surface area contributed by atoms with E-state index in [1.165, 1.54) is 5.56 Å². The minimum atomic E-state index is -0.0668. The third-order valence-electron chi connectivity index (χ3n) is 2.90. The van der Waals surface area contributed by atoms with E-state index >= 15 is 0 Å². The summed E-state index contributed by atoms with van der Waals surface area (Å²) in [5.41, 5.74) is 9.05. The van der Waals surface area contributed by atoms with E-state index in [1.54, 1.807) is 12.4 Å². The predicted molar refractivity (Wildman–Crippen MR) is 77.4 cm³/mol. The fraction of sp³-hybridized carbons (Fsp3) is 0.267. The summed E-state index contributed by atoms with van der Waals surface area (Å²) in [5, 5.41) is 0.608. The molecule has 19 heavy (non-hydrogen) atoms. The van der Waals surface area contributed by atoms with Gasteiger partial charge >= 0.3 is 0 Å². The second kappa shape index (κ2) is 6.04. The summed E-state index contributed by atoms with van der Waals surface area (Å²) in [4.78, 5) is 3.95. The number of benzene rings is 1. The fourth-order valence-corrected chi connectivity index (χ4v) is 2.01. The maximum Gasteiger partial charge on any atom is 0.124 e. The Hall–Kier alpha value is -1.58. The van der Waals surface area contributed by atoms with Crippen LogP contribution in [0.3, 0.4) is 0 Å². The van der Waals surface area contributed by atoms with Crippen molar-refractivity contribution in [2.75, 3.05) is 0 Å². The van der Waals surface area contributed by atoms with Gasteiger partial charge in [0.2, 0.25) is 0 Å². The van der Waals surface area contributed by atoms with Gasteiger partial charge in [-0.25, -0.2) is 0 Å². The van der Waals surface area contributed by atoms with Crippen molar-refractivity contribution in [1.29, 1.82) is 0 Å². The van der Waals surface area contributed by atoms with Crippen molar-refractivity contribution in [2.45, 2.75) is 26.5 Å². The van der Waals surface area contributed by atoms with Gasteiger partial charge in [-0.1, -0.05) is 29.3 Å². The summed E-state index contributed by atoms with van der Waals surface area (Å²) in [7, 11) is 0. The Labute approximate surface area is 118 Å². The van der Waals surface area contributed by atoms with Crippen LogP contribution in [0.1, 0.15) is 29.7 Å². The highest BCUT2D eigenvalue weighted by atomic mass is 35.5. The number of nitrogens with two attached hydrogens (primary N) is 1. The van der Waals surface area contributed by atoms with Gasteiger partial charge in [0, 0.05) is 29.6 Å². The molecule has 0 saturated heterocycles. The minimum Gasteiger partial charge on any atom is -0.489 e. The van der Waals surface area contributed by atoms with Crippen LogP contribution < -0.4 is 10.5 Å². The van der Waals surface area contributed by atoms with Crippen LogP contribution in [-0.4, -0.2) is 4.98 Å². The molecule has 1 atom stereocenters. The third kappa shape index (κ3) is 3.46. The molecule has 0 saturated carbocycles. The number of ether oxygens (including phenoxy) is 1. The molecular weight excluding hydrogens is 260 g/mol. The first kappa shape index (κ1) is 13.8. The van der Waals surface area contributed by atoms with E-state index in [0.29, 0.717) is 11.6 Å². The van der Waals surface area contributed by atoms with E-state index in [4.69, 9.17) is 22.1 Å². The van der Waals surface area contributed by atoms with Crippen molar-refractivity contribution in [1.82, 2.24) is 4.98 Å². The van der Waals surface area contributed by atoms with E-state index in [0.717, 1.165) is 16.9 Å². The second-order valence-electron chi connectivity index (χ2n) is 4.59. The lowest BCUT2D eigenvalue weighted by Gasteiger charge is -2.15. The molecule has 0 aliphatic rings. The average Bonchev–Trinajstić information content (AvgIpc) is 2.38. The lowest BCUT2D eigenvalue weighted by molar-refractivity contribution is 0.301. The molecule has 2 rings (SSSR count). The quantitative estimate of drug-likeness (QED) is 0.927. The van der Waals surface area contributed by atoms with Crippen molar-refractivity contribution < 1.29 is 4.74 Å². The summed E-state index contributed by atoms with van der Waals surface area (Å²) in [6.07, 6.45) is 3.31. The van der Waals surface area contributed by atoms with E-state index in [-0.39, 0.29) is 6.04 Å². The molecule has 3 nitrogen and oxygen atoms in total. The van der Waals surface area contributed by atoms with E-state index < -0.39 is 0 Å². The van der Waals surface area contributed by atoms with E-state index in [1.807, 2.05) is 38.1 Å². The molecule has 100 valence electrons. The third-order valence-corrected chi connectivity index (χ3v) is 3.24. The zero-order chi connectivity index (χ0) is 13.8. The number of pyridine rings is 1. The molecule has 0 amide bonds. The Morgan fingerprint density at radius 1 is 1.37 bits per heavy atom. The first-order valence-electron chi connectivity index (χ1n) is 6.15. The number of aromatic nitrogens is 1. The molecule has 1 aromatic carbocycles. The first-order valence-corrected chi connectivity index (χ1v) is 6.53. The van der Waals surface area contributed by atoms with Gasteiger partial charge in [0.15, 0.2) is 0 Å². The van der Waals surface area contributed by atoms with Crippen LogP contribution in [0.2, 0.25) is 5.02 Å². The maximum atomic E-state index is 6.05. The highest BCUT2D eigenvalue weighted by Gasteiger charge is 2.09. The molecule has 0 radical (unpaired) electrons. The van der Waals surface area contributed by atoms with Gasteiger partial charge in [0.25, 0.3) is 0 Å². The van der Waals surface area contributed by atoms with Gasteiger partial charge in [-0.15, -0.1) is 0 Å². The summed E-state index contributed by atoms with van der Waals surface area (Å²) < 4.78 is 5.83. The largest absolute Gasteiger partial charge is 0.489 e. The molecule has 4 heteroatoms. The molecule has 1 heterocycles. The number of aryl methyl sites for hydroxylation is 1. The Balaban J connectivity index is 2.18. The number of rotatable bonds is 4. The molecule has 2 aromatic rings. The molecule has 0 aliphatic carbocycles. The number of hydrogen-bond acceptors (Lipinski definition) is 3. The van der Waals surface area contributed by atoms with Crippen LogP contribution in [0.4, 0.5) is 0 Å². The Morgan fingerprint density at radius 2 is 2.16 bits per heavy atom. The summed E-state index contributed by atoms with van der Waals surface area (Å²) in [6, 6.07) is 7.79. The number of hydrogen-bond donors (Lipinski definition) is 1. The molecule has 0 aliphatic heterocycles. The molecule has 0 unspecified atom stereocenters. The first-order chi connectivity index (χ1) is 9.08. The number of halogens is 1. The van der Waals surface area contributed by atoms with Gasteiger partial charge in [0.05, 0.1) is 5.02 Å². The Bertz CT molecular complexity index is 570. The highest BCUT2D eigenvalue weighted by Crippen LogP contribution is 2.26. The van der Waals surface area contributed by atoms with Crippen molar-refractivity contribution in [2.24, 2.45) is 5.73 Å². The van der Waals surface area contributed by atoms with Gasteiger partial charge in [-0.3, -0.25) is 4.98 Å². The van der Waals surface area contributed by atoms with Crippen LogP contribution in [0.15, 0.2) is 36.7 Å². The van der Waals surface area contributed by atoms with Gasteiger partial charge < -0.3 is 10.5 Å². The van der Waals surface area contributed by atoms with Crippen molar-refractivity contribution in [3.05, 3.63) is 58.4 Å². The van der Waals surface area contributed by atoms with Crippen LogP contribution in [0.25, 0.3) is 0 Å². The van der Waals surface area contributed by atoms with Crippen LogP contribution in [-0.2, 0) is 6.61 Å². The highest BCUT2D eigenvalue weighted by molar-refractivity contribution is 6.31. The normalized spacial score (nSPS) is 12.2. The molecule has 0 bridgehead atoms. The van der Waals surface area contributed by atoms with Gasteiger partial charge in [0.1, 0.15) is 12.4 Å². The van der Waals surface area contributed by atoms with Crippen molar-refractivity contribution in [3.63, 3.8) is 0 Å². The maximum absolute atomic E-state index is 6.05. The lowest BCUT2D eigenvalue weighted by atomic mass is 10.1. The van der Waals surface area contributed by atoms with Crippen LogP contribution in [0.5, 0.6) is 5.75 Å². The average molecular weight is 277 g/mol. The monoisotopic (exact) mass is 276 g/mol. The summed E-state index contributed by atoms with van der Waals surface area (Å²) in [5.74, 6) is 0.800. The zero-order valence-electron chi connectivity index (χ0n) is 11.1. The molecule has 1 aromatic heterocycles. The fourth-order valence-electron chi connectivity index (χ4n) is 1.83. The predicted octanol–water partition coefficient (Wildman–Crippen LogP) is 3.64. The summed E-state index contributed by atoms with van der Waals surface area (Å²) in [6.45, 7) is 4.39. The van der Waals surface area contributed by atoms with E-state index in [2.05, 4.69) is 4.98 Å². The van der Waals surface area contributed by atoms with E-state index in [9.17, 15) is 0 Å². The molecule has 0 spiro atoms. The van der Waals surface area contributed by atoms with Crippen LogP contribution >= 0.6 is 11.6 Å². The van der Waals surface area contributed by atoms with Gasteiger partial charge in [-0.2, -0.15) is 0 Å².